The van der Waals surface area contributed by atoms with Gasteiger partial charge in [0.2, 0.25) is 0 Å². The Morgan fingerprint density at radius 2 is 2.10 bits per heavy atom. The number of para-hydroxylation sites is 1. The molecule has 1 aliphatic carbocycles. The smallest absolute Gasteiger partial charge is 0.255 e. The van der Waals surface area contributed by atoms with Crippen LogP contribution in [0.25, 0.3) is 11.0 Å². The number of carbonyl (C=O) groups excluding carboxylic acids is 1. The van der Waals surface area contributed by atoms with Gasteiger partial charge in [-0.1, -0.05) is 25.1 Å². The van der Waals surface area contributed by atoms with Gasteiger partial charge in [-0.2, -0.15) is 0 Å². The van der Waals surface area contributed by atoms with Gasteiger partial charge in [0.25, 0.3) is 5.91 Å². The number of aliphatic hydroxyl groups is 1. The Morgan fingerprint density at radius 1 is 1.38 bits per heavy atom. The third kappa shape index (κ3) is 2.95. The van der Waals surface area contributed by atoms with Crippen LogP contribution in [-0.4, -0.2) is 23.2 Å². The zero-order valence-corrected chi connectivity index (χ0v) is 12.3. The zero-order valence-electron chi connectivity index (χ0n) is 12.3. The van der Waals surface area contributed by atoms with E-state index in [0.717, 1.165) is 31.1 Å². The Bertz CT molecular complexity index is 638. The van der Waals surface area contributed by atoms with Crippen LogP contribution in [0.1, 0.15) is 43.0 Å². The molecule has 112 valence electrons. The number of carbonyl (C=O) groups is 1. The summed E-state index contributed by atoms with van der Waals surface area (Å²) in [4.78, 5) is 12.3. The molecule has 1 heterocycles. The molecule has 1 aromatic heterocycles. The topological polar surface area (TPSA) is 62.5 Å². The first-order valence-corrected chi connectivity index (χ1v) is 7.54. The third-order valence-electron chi connectivity index (χ3n) is 4.51. The van der Waals surface area contributed by atoms with E-state index in [9.17, 15) is 9.90 Å². The fraction of sp³-hybridized carbons (Fsp3) is 0.471. The number of nitrogens with one attached hydrogen (secondary N) is 1. The molecule has 0 spiro atoms. The Labute approximate surface area is 124 Å². The first-order valence-electron chi connectivity index (χ1n) is 7.54. The van der Waals surface area contributed by atoms with E-state index in [1.165, 1.54) is 6.26 Å². The van der Waals surface area contributed by atoms with Crippen molar-refractivity contribution in [3.05, 3.63) is 36.1 Å². The van der Waals surface area contributed by atoms with Crippen LogP contribution in [0.3, 0.4) is 0 Å². The molecule has 3 rings (SSSR count). The minimum atomic E-state index is -0.762. The lowest BCUT2D eigenvalue weighted by atomic mass is 9.79. The molecule has 4 nitrogen and oxygen atoms in total. The maximum Gasteiger partial charge on any atom is 0.255 e. The van der Waals surface area contributed by atoms with Gasteiger partial charge in [-0.05, 0) is 37.7 Å². The molecule has 1 amide bonds. The predicted octanol–water partition coefficient (Wildman–Crippen LogP) is 3.10. The molecular weight excluding hydrogens is 266 g/mol. The molecule has 0 unspecified atom stereocenters. The molecule has 2 N–H and O–H groups in total. The third-order valence-corrected chi connectivity index (χ3v) is 4.51. The van der Waals surface area contributed by atoms with Crippen LogP contribution in [0, 0.1) is 5.92 Å². The van der Waals surface area contributed by atoms with E-state index >= 15 is 0 Å². The Balaban J connectivity index is 1.67. The first kappa shape index (κ1) is 14.1. The van der Waals surface area contributed by atoms with E-state index in [0.29, 0.717) is 23.6 Å². The van der Waals surface area contributed by atoms with Crippen molar-refractivity contribution in [2.75, 3.05) is 6.54 Å². The average molecular weight is 287 g/mol. The summed E-state index contributed by atoms with van der Waals surface area (Å²) in [5, 5.41) is 14.2. The van der Waals surface area contributed by atoms with Crippen molar-refractivity contribution < 1.29 is 14.3 Å². The summed E-state index contributed by atoms with van der Waals surface area (Å²) in [5.41, 5.74) is 0.466. The highest BCUT2D eigenvalue weighted by Gasteiger charge is 2.32. The summed E-state index contributed by atoms with van der Waals surface area (Å²) < 4.78 is 5.38. The van der Waals surface area contributed by atoms with Gasteiger partial charge in [-0.3, -0.25) is 4.79 Å². The van der Waals surface area contributed by atoms with Gasteiger partial charge in [0, 0.05) is 11.9 Å². The number of fused-ring (bicyclic) bond motifs is 1. The first-order chi connectivity index (χ1) is 10.1. The SMILES string of the molecule is CC1CCC(O)(CNC(=O)c2coc3ccccc23)CC1. The highest BCUT2D eigenvalue weighted by molar-refractivity contribution is 6.05. The number of rotatable bonds is 3. The van der Waals surface area contributed by atoms with Gasteiger partial charge in [0.1, 0.15) is 11.8 Å². The largest absolute Gasteiger partial charge is 0.463 e. The minimum Gasteiger partial charge on any atom is -0.463 e. The second-order valence-electron chi connectivity index (χ2n) is 6.24. The maximum absolute atomic E-state index is 12.3. The number of benzene rings is 1. The highest BCUT2D eigenvalue weighted by atomic mass is 16.3. The van der Waals surface area contributed by atoms with Gasteiger partial charge in [-0.15, -0.1) is 0 Å². The van der Waals surface area contributed by atoms with Crippen LogP contribution in [0.15, 0.2) is 34.9 Å². The predicted molar refractivity (Wildman–Crippen MR) is 81.1 cm³/mol. The molecule has 21 heavy (non-hydrogen) atoms. The lowest BCUT2D eigenvalue weighted by Gasteiger charge is -2.34. The van der Waals surface area contributed by atoms with Crippen molar-refractivity contribution in [2.45, 2.75) is 38.2 Å². The molecule has 0 aliphatic heterocycles. The van der Waals surface area contributed by atoms with Crippen molar-refractivity contribution in [1.82, 2.24) is 5.32 Å². The summed E-state index contributed by atoms with van der Waals surface area (Å²) in [5.74, 6) is 0.478. The number of amides is 1. The van der Waals surface area contributed by atoms with Crippen LogP contribution in [0.4, 0.5) is 0 Å². The van der Waals surface area contributed by atoms with Crippen molar-refractivity contribution in [3.63, 3.8) is 0 Å². The lowest BCUT2D eigenvalue weighted by Crippen LogP contribution is -2.45. The standard InChI is InChI=1S/C17H21NO3/c1-12-6-8-17(20,9-7-12)11-18-16(19)14-10-21-15-5-3-2-4-13(14)15/h2-5,10,12,20H,6-9,11H2,1H3,(H,18,19). The second kappa shape index (κ2) is 5.53. The highest BCUT2D eigenvalue weighted by Crippen LogP contribution is 2.31. The van der Waals surface area contributed by atoms with Gasteiger partial charge >= 0.3 is 0 Å². The monoisotopic (exact) mass is 287 g/mol. The quantitative estimate of drug-likeness (QED) is 0.911. The fourth-order valence-corrected chi connectivity index (χ4v) is 2.97. The van der Waals surface area contributed by atoms with E-state index in [2.05, 4.69) is 12.2 Å². The van der Waals surface area contributed by atoms with E-state index in [-0.39, 0.29) is 5.91 Å². The van der Waals surface area contributed by atoms with Crippen molar-refractivity contribution in [2.24, 2.45) is 5.92 Å². The molecule has 0 atom stereocenters. The number of hydrogen-bond donors (Lipinski definition) is 2. The fourth-order valence-electron chi connectivity index (χ4n) is 2.97. The van der Waals surface area contributed by atoms with E-state index < -0.39 is 5.60 Å². The zero-order chi connectivity index (χ0) is 14.9. The number of hydrogen-bond acceptors (Lipinski definition) is 3. The summed E-state index contributed by atoms with van der Waals surface area (Å²) in [6.07, 6.45) is 5.01. The molecule has 1 saturated carbocycles. The van der Waals surface area contributed by atoms with Gasteiger partial charge in [0.15, 0.2) is 0 Å². The molecule has 0 saturated heterocycles. The van der Waals surface area contributed by atoms with Crippen LogP contribution >= 0.6 is 0 Å². The van der Waals surface area contributed by atoms with Crippen LogP contribution in [0.2, 0.25) is 0 Å². The summed E-state index contributed by atoms with van der Waals surface area (Å²) in [7, 11) is 0. The minimum absolute atomic E-state index is 0.188. The Morgan fingerprint density at radius 3 is 2.86 bits per heavy atom. The average Bonchev–Trinajstić information content (AvgIpc) is 2.92. The van der Waals surface area contributed by atoms with Crippen molar-refractivity contribution in [3.8, 4) is 0 Å². The molecule has 0 bridgehead atoms. The van der Waals surface area contributed by atoms with Crippen LogP contribution in [0.5, 0.6) is 0 Å². The molecule has 4 heteroatoms. The molecule has 1 aromatic carbocycles. The Kier molecular flexibility index (Phi) is 3.72. The molecular formula is C17H21NO3. The summed E-state index contributed by atoms with van der Waals surface area (Å²) in [6.45, 7) is 2.51. The van der Waals surface area contributed by atoms with Gasteiger partial charge in [-0.25, -0.2) is 0 Å². The van der Waals surface area contributed by atoms with Crippen LogP contribution < -0.4 is 5.32 Å². The lowest BCUT2D eigenvalue weighted by molar-refractivity contribution is -0.00539. The normalized spacial score (nSPS) is 25.9. The van der Waals surface area contributed by atoms with Crippen molar-refractivity contribution >= 4 is 16.9 Å². The van der Waals surface area contributed by atoms with Gasteiger partial charge < -0.3 is 14.8 Å². The second-order valence-corrected chi connectivity index (χ2v) is 6.24. The molecule has 1 aliphatic rings. The van der Waals surface area contributed by atoms with Gasteiger partial charge in [0.05, 0.1) is 11.2 Å². The maximum atomic E-state index is 12.3. The summed E-state index contributed by atoms with van der Waals surface area (Å²) >= 11 is 0. The van der Waals surface area contributed by atoms with Crippen LogP contribution in [-0.2, 0) is 0 Å². The molecule has 0 radical (unpaired) electrons. The molecule has 1 fully saturated rings. The Hall–Kier alpha value is -1.81. The van der Waals surface area contributed by atoms with E-state index in [1.807, 2.05) is 24.3 Å². The van der Waals surface area contributed by atoms with E-state index in [1.54, 1.807) is 0 Å². The van der Waals surface area contributed by atoms with E-state index in [4.69, 9.17) is 4.42 Å². The van der Waals surface area contributed by atoms with Crippen molar-refractivity contribution in [1.29, 1.82) is 0 Å². The number of furan rings is 1. The molecule has 2 aromatic rings. The summed E-state index contributed by atoms with van der Waals surface area (Å²) in [6, 6.07) is 7.46.